The van der Waals surface area contributed by atoms with Gasteiger partial charge in [0.1, 0.15) is 0 Å². The van der Waals surface area contributed by atoms with Crippen molar-refractivity contribution in [2.45, 2.75) is 24.0 Å². The van der Waals surface area contributed by atoms with Gasteiger partial charge in [-0.25, -0.2) is 0 Å². The molecular weight excluding hydrogens is 396 g/mol. The van der Waals surface area contributed by atoms with Crippen LogP contribution in [0.15, 0.2) is 82.5 Å². The van der Waals surface area contributed by atoms with Gasteiger partial charge in [-0.05, 0) is 60.9 Å². The smallest absolute Gasteiger partial charge is 0.256 e. The number of carbonyl (C=O) groups excluding carboxylic acids is 1. The van der Waals surface area contributed by atoms with Gasteiger partial charge in [-0.3, -0.25) is 9.78 Å². The van der Waals surface area contributed by atoms with Crippen molar-refractivity contribution in [3.05, 3.63) is 101 Å². The molecule has 4 aromatic rings. The highest BCUT2D eigenvalue weighted by Crippen LogP contribution is 2.26. The lowest BCUT2D eigenvalue weighted by Gasteiger charge is -2.10. The molecule has 0 aliphatic rings. The number of thioether (sulfide) groups is 1. The fourth-order valence-electron chi connectivity index (χ4n) is 2.96. The van der Waals surface area contributed by atoms with Gasteiger partial charge in [0.05, 0.1) is 11.3 Å². The summed E-state index contributed by atoms with van der Waals surface area (Å²) < 4.78 is 5.15. The number of nitrogens with zero attached hydrogens (tertiary/aromatic N) is 3. The molecule has 2 aromatic carbocycles. The molecule has 2 aromatic heterocycles. The number of rotatable bonds is 7. The summed E-state index contributed by atoms with van der Waals surface area (Å²) in [5, 5.41) is 6.77. The third-order valence-electron chi connectivity index (χ3n) is 4.42. The molecule has 0 aliphatic carbocycles. The molecule has 0 bridgehead atoms. The van der Waals surface area contributed by atoms with Crippen LogP contribution in [-0.2, 0) is 12.2 Å². The summed E-state index contributed by atoms with van der Waals surface area (Å²) in [5.41, 5.74) is 3.74. The number of benzene rings is 2. The van der Waals surface area contributed by atoms with Crippen LogP contribution < -0.4 is 5.32 Å². The second-order valence-corrected chi connectivity index (χ2v) is 7.72. The van der Waals surface area contributed by atoms with Gasteiger partial charge in [-0.1, -0.05) is 29.4 Å². The van der Waals surface area contributed by atoms with Crippen molar-refractivity contribution in [1.82, 2.24) is 15.1 Å². The molecule has 2 heterocycles. The number of aromatic nitrogens is 3. The summed E-state index contributed by atoms with van der Waals surface area (Å²) >= 11 is 1.49. The fourth-order valence-corrected chi connectivity index (χ4v) is 3.85. The molecule has 0 saturated heterocycles. The van der Waals surface area contributed by atoms with Gasteiger partial charge in [0.15, 0.2) is 5.82 Å². The van der Waals surface area contributed by atoms with Gasteiger partial charge >= 0.3 is 0 Å². The van der Waals surface area contributed by atoms with Crippen LogP contribution in [0.1, 0.15) is 33.2 Å². The molecule has 1 amide bonds. The summed E-state index contributed by atoms with van der Waals surface area (Å²) in [6.45, 7) is 1.78. The Morgan fingerprint density at radius 1 is 1.00 bits per heavy atom. The SMILES string of the molecule is Cc1noc(CSc2ccccc2C(=O)Nc2ccc(Cc3ccncc3)cc2)n1. The molecule has 0 fully saturated rings. The monoisotopic (exact) mass is 416 g/mol. The van der Waals surface area contributed by atoms with E-state index in [1.54, 1.807) is 19.3 Å². The predicted octanol–water partition coefficient (Wildman–Crippen LogP) is 4.91. The number of hydrogen-bond donors (Lipinski definition) is 1. The van der Waals surface area contributed by atoms with E-state index in [2.05, 4.69) is 20.4 Å². The molecule has 0 unspecified atom stereocenters. The molecule has 6 nitrogen and oxygen atoms in total. The van der Waals surface area contributed by atoms with E-state index in [4.69, 9.17) is 4.52 Å². The summed E-state index contributed by atoms with van der Waals surface area (Å²) in [6, 6.07) is 19.4. The normalized spacial score (nSPS) is 10.7. The number of amides is 1. The third-order valence-corrected chi connectivity index (χ3v) is 5.48. The number of nitrogens with one attached hydrogen (secondary N) is 1. The van der Waals surface area contributed by atoms with E-state index in [-0.39, 0.29) is 5.91 Å². The summed E-state index contributed by atoms with van der Waals surface area (Å²) in [4.78, 5) is 21.9. The van der Waals surface area contributed by atoms with Crippen molar-refractivity contribution in [2.24, 2.45) is 0 Å². The van der Waals surface area contributed by atoms with Crippen molar-refractivity contribution < 1.29 is 9.32 Å². The average molecular weight is 417 g/mol. The van der Waals surface area contributed by atoms with Crippen LogP contribution in [0.2, 0.25) is 0 Å². The number of anilines is 1. The van der Waals surface area contributed by atoms with Crippen molar-refractivity contribution in [3.8, 4) is 0 Å². The van der Waals surface area contributed by atoms with Crippen molar-refractivity contribution >= 4 is 23.4 Å². The van der Waals surface area contributed by atoms with E-state index in [1.807, 2.05) is 60.7 Å². The van der Waals surface area contributed by atoms with Crippen LogP contribution in [0.5, 0.6) is 0 Å². The lowest BCUT2D eigenvalue weighted by molar-refractivity contribution is 0.102. The highest BCUT2D eigenvalue weighted by Gasteiger charge is 2.13. The van der Waals surface area contributed by atoms with Crippen molar-refractivity contribution in [2.75, 3.05) is 5.32 Å². The Morgan fingerprint density at radius 3 is 2.47 bits per heavy atom. The summed E-state index contributed by atoms with van der Waals surface area (Å²) in [7, 11) is 0. The Balaban J connectivity index is 1.41. The lowest BCUT2D eigenvalue weighted by atomic mass is 10.1. The van der Waals surface area contributed by atoms with Crippen molar-refractivity contribution in [3.63, 3.8) is 0 Å². The molecule has 0 saturated carbocycles. The zero-order chi connectivity index (χ0) is 20.8. The molecule has 0 atom stereocenters. The quantitative estimate of drug-likeness (QED) is 0.431. The second kappa shape index (κ2) is 9.37. The van der Waals surface area contributed by atoms with Crippen LogP contribution in [0.4, 0.5) is 5.69 Å². The first-order valence-electron chi connectivity index (χ1n) is 9.47. The van der Waals surface area contributed by atoms with E-state index in [0.29, 0.717) is 23.0 Å². The zero-order valence-corrected chi connectivity index (χ0v) is 17.2. The van der Waals surface area contributed by atoms with Crippen LogP contribution in [0.25, 0.3) is 0 Å². The molecule has 7 heteroatoms. The van der Waals surface area contributed by atoms with E-state index in [0.717, 1.165) is 17.0 Å². The van der Waals surface area contributed by atoms with Crippen LogP contribution in [0.3, 0.4) is 0 Å². The average Bonchev–Trinajstić information content (AvgIpc) is 3.20. The number of pyridine rings is 1. The minimum Gasteiger partial charge on any atom is -0.338 e. The van der Waals surface area contributed by atoms with Crippen molar-refractivity contribution in [1.29, 1.82) is 0 Å². The predicted molar refractivity (Wildman–Crippen MR) is 116 cm³/mol. The standard InChI is InChI=1S/C23H20N4O2S/c1-16-25-22(29-27-16)15-30-21-5-3-2-4-20(21)23(28)26-19-8-6-17(7-9-19)14-18-10-12-24-13-11-18/h2-13H,14-15H2,1H3,(H,26,28). The first-order chi connectivity index (χ1) is 14.7. The first kappa shape index (κ1) is 19.8. The topological polar surface area (TPSA) is 80.9 Å². The van der Waals surface area contributed by atoms with Gasteiger partial charge in [0, 0.05) is 23.0 Å². The van der Waals surface area contributed by atoms with Gasteiger partial charge in [-0.2, -0.15) is 4.98 Å². The second-order valence-electron chi connectivity index (χ2n) is 6.70. The number of hydrogen-bond acceptors (Lipinski definition) is 6. The van der Waals surface area contributed by atoms with Gasteiger partial charge in [0.25, 0.3) is 5.91 Å². The highest BCUT2D eigenvalue weighted by atomic mass is 32.2. The van der Waals surface area contributed by atoms with Crippen LogP contribution >= 0.6 is 11.8 Å². The maximum Gasteiger partial charge on any atom is 0.256 e. The Morgan fingerprint density at radius 2 is 1.73 bits per heavy atom. The first-order valence-corrected chi connectivity index (χ1v) is 10.5. The highest BCUT2D eigenvalue weighted by molar-refractivity contribution is 7.98. The Hall–Kier alpha value is -3.45. The minimum atomic E-state index is -0.151. The molecule has 4 rings (SSSR count). The van der Waals surface area contributed by atoms with Crippen LogP contribution in [0, 0.1) is 6.92 Å². The van der Waals surface area contributed by atoms with E-state index < -0.39 is 0 Å². The van der Waals surface area contributed by atoms with Crippen LogP contribution in [-0.4, -0.2) is 21.0 Å². The molecule has 150 valence electrons. The number of aryl methyl sites for hydroxylation is 1. The fraction of sp³-hybridized carbons (Fsp3) is 0.130. The third kappa shape index (κ3) is 5.12. The molecule has 0 spiro atoms. The molecule has 0 radical (unpaired) electrons. The Kier molecular flexibility index (Phi) is 6.20. The lowest BCUT2D eigenvalue weighted by Crippen LogP contribution is -2.13. The molecule has 0 aliphatic heterocycles. The van der Waals surface area contributed by atoms with E-state index in [1.165, 1.54) is 22.9 Å². The minimum absolute atomic E-state index is 0.151. The maximum absolute atomic E-state index is 12.8. The van der Waals surface area contributed by atoms with Gasteiger partial charge in [0.2, 0.25) is 5.89 Å². The molecular formula is C23H20N4O2S. The number of carbonyl (C=O) groups is 1. The maximum atomic E-state index is 12.8. The van der Waals surface area contributed by atoms with Gasteiger partial charge in [-0.15, -0.1) is 11.8 Å². The van der Waals surface area contributed by atoms with E-state index in [9.17, 15) is 4.79 Å². The largest absolute Gasteiger partial charge is 0.338 e. The Labute approximate surface area is 178 Å². The van der Waals surface area contributed by atoms with Gasteiger partial charge < -0.3 is 9.84 Å². The zero-order valence-electron chi connectivity index (χ0n) is 16.4. The van der Waals surface area contributed by atoms with E-state index >= 15 is 0 Å². The Bertz CT molecular complexity index is 1130. The summed E-state index contributed by atoms with van der Waals surface area (Å²) in [5.74, 6) is 1.50. The summed E-state index contributed by atoms with van der Waals surface area (Å²) in [6.07, 6.45) is 4.41. The molecule has 30 heavy (non-hydrogen) atoms. The molecule has 1 N–H and O–H groups in total.